The van der Waals surface area contributed by atoms with Crippen LogP contribution in [0.1, 0.15) is 19.8 Å². The lowest BCUT2D eigenvalue weighted by Gasteiger charge is -2.32. The van der Waals surface area contributed by atoms with Gasteiger partial charge in [0, 0.05) is 19.1 Å². The highest BCUT2D eigenvalue weighted by molar-refractivity contribution is 9.10. The molecule has 1 N–H and O–H groups in total. The molecule has 0 spiro atoms. The Bertz CT molecular complexity index is 481. The van der Waals surface area contributed by atoms with Crippen molar-refractivity contribution >= 4 is 39.4 Å². The third-order valence-corrected chi connectivity index (χ3v) is 4.37. The van der Waals surface area contributed by atoms with E-state index in [1.165, 1.54) is 6.33 Å². The van der Waals surface area contributed by atoms with E-state index >= 15 is 0 Å². The number of rotatable bonds is 3. The molecule has 0 atom stereocenters. The van der Waals surface area contributed by atoms with E-state index in [1.54, 1.807) is 4.90 Å². The third-order valence-electron chi connectivity index (χ3n) is 3.11. The first-order valence-corrected chi connectivity index (χ1v) is 7.63. The molecule has 0 unspecified atom stereocenters. The number of ether oxygens (including phenoxy) is 1. The predicted octanol–water partition coefficient (Wildman–Crippen LogP) is 2.93. The standard InChI is InChI=1S/C12H16BrClN4O2/c1-2-20-12(19)18-5-3-8(4-6-18)17-11-9(13)10(14)15-7-16-11/h7-8H,2-6H2,1H3,(H,15,16,17). The van der Waals surface area contributed by atoms with Crippen molar-refractivity contribution in [2.75, 3.05) is 25.0 Å². The largest absolute Gasteiger partial charge is 0.450 e. The van der Waals surface area contributed by atoms with Crippen molar-refractivity contribution in [1.29, 1.82) is 0 Å². The number of hydrogen-bond donors (Lipinski definition) is 1. The molecule has 8 heteroatoms. The van der Waals surface area contributed by atoms with Gasteiger partial charge in [-0.15, -0.1) is 0 Å². The highest BCUT2D eigenvalue weighted by Gasteiger charge is 2.24. The van der Waals surface area contributed by atoms with Gasteiger partial charge in [-0.3, -0.25) is 0 Å². The summed E-state index contributed by atoms with van der Waals surface area (Å²) >= 11 is 9.28. The van der Waals surface area contributed by atoms with Gasteiger partial charge in [0.05, 0.1) is 11.1 Å². The number of nitrogens with zero attached hydrogens (tertiary/aromatic N) is 3. The molecule has 1 aliphatic heterocycles. The summed E-state index contributed by atoms with van der Waals surface area (Å²) in [6, 6.07) is 0.253. The Kier molecular flexibility index (Phi) is 5.42. The van der Waals surface area contributed by atoms with Crippen LogP contribution in [0.25, 0.3) is 0 Å². The van der Waals surface area contributed by atoms with E-state index in [4.69, 9.17) is 16.3 Å². The Morgan fingerprint density at radius 3 is 2.90 bits per heavy atom. The van der Waals surface area contributed by atoms with Gasteiger partial charge in [0.15, 0.2) is 0 Å². The van der Waals surface area contributed by atoms with Crippen molar-refractivity contribution in [2.45, 2.75) is 25.8 Å². The predicted molar refractivity (Wildman–Crippen MR) is 80.0 cm³/mol. The summed E-state index contributed by atoms with van der Waals surface area (Å²) in [6.45, 7) is 3.56. The average Bonchev–Trinajstić information content (AvgIpc) is 2.45. The van der Waals surface area contributed by atoms with Gasteiger partial charge in [0.2, 0.25) is 0 Å². The number of likely N-dealkylation sites (tertiary alicyclic amines) is 1. The number of aromatic nitrogens is 2. The van der Waals surface area contributed by atoms with Crippen LogP contribution in [-0.2, 0) is 4.74 Å². The molecule has 1 aliphatic rings. The highest BCUT2D eigenvalue weighted by atomic mass is 79.9. The smallest absolute Gasteiger partial charge is 0.409 e. The first-order valence-electron chi connectivity index (χ1n) is 6.46. The molecular weight excluding hydrogens is 348 g/mol. The Labute approximate surface area is 131 Å². The molecule has 0 aliphatic carbocycles. The minimum absolute atomic E-state index is 0.239. The summed E-state index contributed by atoms with van der Waals surface area (Å²) in [5.41, 5.74) is 0. The molecule has 110 valence electrons. The SMILES string of the molecule is CCOC(=O)N1CCC(Nc2ncnc(Cl)c2Br)CC1. The summed E-state index contributed by atoms with van der Waals surface area (Å²) < 4.78 is 5.65. The molecule has 1 aromatic rings. The van der Waals surface area contributed by atoms with Crippen molar-refractivity contribution in [2.24, 2.45) is 0 Å². The third kappa shape index (κ3) is 3.73. The normalized spacial score (nSPS) is 16.1. The quantitative estimate of drug-likeness (QED) is 0.836. The molecule has 0 saturated carbocycles. The number of carbonyl (C=O) groups is 1. The summed E-state index contributed by atoms with van der Waals surface area (Å²) in [6.07, 6.45) is 2.86. The molecule has 2 rings (SSSR count). The second kappa shape index (κ2) is 7.08. The average molecular weight is 364 g/mol. The van der Waals surface area contributed by atoms with Crippen LogP contribution < -0.4 is 5.32 Å². The van der Waals surface area contributed by atoms with Gasteiger partial charge in [0.25, 0.3) is 0 Å². The van der Waals surface area contributed by atoms with Crippen molar-refractivity contribution in [3.63, 3.8) is 0 Å². The lowest BCUT2D eigenvalue weighted by atomic mass is 10.1. The molecule has 0 aromatic carbocycles. The van der Waals surface area contributed by atoms with E-state index in [-0.39, 0.29) is 12.1 Å². The van der Waals surface area contributed by atoms with Gasteiger partial charge in [-0.2, -0.15) is 0 Å². The Morgan fingerprint density at radius 1 is 1.55 bits per heavy atom. The summed E-state index contributed by atoms with van der Waals surface area (Å²) in [5.74, 6) is 0.680. The van der Waals surface area contributed by atoms with E-state index in [0.717, 1.165) is 12.8 Å². The number of halogens is 2. The summed E-state index contributed by atoms with van der Waals surface area (Å²) in [7, 11) is 0. The fraction of sp³-hybridized carbons (Fsp3) is 0.583. The molecule has 0 bridgehead atoms. The van der Waals surface area contributed by atoms with Crippen LogP contribution in [0.2, 0.25) is 5.15 Å². The van der Waals surface area contributed by atoms with Gasteiger partial charge in [0.1, 0.15) is 17.3 Å². The van der Waals surface area contributed by atoms with E-state index < -0.39 is 0 Å². The van der Waals surface area contributed by atoms with Crippen molar-refractivity contribution < 1.29 is 9.53 Å². The Balaban J connectivity index is 1.88. The number of piperidine rings is 1. The van der Waals surface area contributed by atoms with Crippen LogP contribution in [-0.4, -0.2) is 46.7 Å². The van der Waals surface area contributed by atoms with Crippen LogP contribution in [0.3, 0.4) is 0 Å². The fourth-order valence-electron chi connectivity index (χ4n) is 2.06. The van der Waals surface area contributed by atoms with Gasteiger partial charge in [-0.05, 0) is 35.7 Å². The van der Waals surface area contributed by atoms with Crippen LogP contribution in [0, 0.1) is 0 Å². The first kappa shape index (κ1) is 15.3. The first-order chi connectivity index (χ1) is 9.61. The Morgan fingerprint density at radius 2 is 2.25 bits per heavy atom. The van der Waals surface area contributed by atoms with Gasteiger partial charge in [-0.25, -0.2) is 14.8 Å². The summed E-state index contributed by atoms with van der Waals surface area (Å²) in [4.78, 5) is 21.4. The van der Waals surface area contributed by atoms with Crippen LogP contribution in [0.4, 0.5) is 10.6 Å². The lowest BCUT2D eigenvalue weighted by molar-refractivity contribution is 0.0983. The molecule has 1 aromatic heterocycles. The zero-order chi connectivity index (χ0) is 14.5. The monoisotopic (exact) mass is 362 g/mol. The van der Waals surface area contributed by atoms with E-state index in [2.05, 4.69) is 31.2 Å². The molecule has 2 heterocycles. The topological polar surface area (TPSA) is 67.3 Å². The maximum Gasteiger partial charge on any atom is 0.409 e. The van der Waals surface area contributed by atoms with E-state index in [0.29, 0.717) is 35.1 Å². The molecule has 20 heavy (non-hydrogen) atoms. The number of hydrogen-bond acceptors (Lipinski definition) is 5. The van der Waals surface area contributed by atoms with Gasteiger partial charge in [-0.1, -0.05) is 11.6 Å². The van der Waals surface area contributed by atoms with Crippen LogP contribution in [0.5, 0.6) is 0 Å². The minimum Gasteiger partial charge on any atom is -0.450 e. The van der Waals surface area contributed by atoms with E-state index in [9.17, 15) is 4.79 Å². The van der Waals surface area contributed by atoms with Crippen molar-refractivity contribution in [1.82, 2.24) is 14.9 Å². The second-order valence-corrected chi connectivity index (χ2v) is 5.58. The van der Waals surface area contributed by atoms with Crippen LogP contribution >= 0.6 is 27.5 Å². The van der Waals surface area contributed by atoms with Crippen LogP contribution in [0.15, 0.2) is 10.8 Å². The fourth-order valence-corrected chi connectivity index (χ4v) is 2.52. The zero-order valence-electron chi connectivity index (χ0n) is 11.1. The molecular formula is C12H16BrClN4O2. The number of nitrogens with one attached hydrogen (secondary N) is 1. The highest BCUT2D eigenvalue weighted by Crippen LogP contribution is 2.27. The zero-order valence-corrected chi connectivity index (χ0v) is 13.4. The molecule has 1 amide bonds. The van der Waals surface area contributed by atoms with E-state index in [1.807, 2.05) is 6.92 Å². The maximum atomic E-state index is 11.6. The molecule has 0 radical (unpaired) electrons. The Hall–Kier alpha value is -1.08. The molecule has 1 saturated heterocycles. The molecule has 1 fully saturated rings. The summed E-state index contributed by atoms with van der Waals surface area (Å²) in [5, 5.41) is 3.70. The van der Waals surface area contributed by atoms with Gasteiger partial charge < -0.3 is 15.0 Å². The number of anilines is 1. The van der Waals surface area contributed by atoms with Crippen molar-refractivity contribution in [3.05, 3.63) is 16.0 Å². The minimum atomic E-state index is -0.239. The maximum absolute atomic E-state index is 11.6. The molecule has 6 nitrogen and oxygen atoms in total. The number of amides is 1. The second-order valence-electron chi connectivity index (χ2n) is 4.43. The van der Waals surface area contributed by atoms with Gasteiger partial charge >= 0.3 is 6.09 Å². The lowest BCUT2D eigenvalue weighted by Crippen LogP contribution is -2.42. The van der Waals surface area contributed by atoms with Crippen molar-refractivity contribution in [3.8, 4) is 0 Å². The number of carbonyl (C=O) groups excluding carboxylic acids is 1.